The van der Waals surface area contributed by atoms with E-state index in [2.05, 4.69) is 5.32 Å². The maximum absolute atomic E-state index is 13.0. The maximum Gasteiger partial charge on any atom is 0.253 e. The lowest BCUT2D eigenvalue weighted by Gasteiger charge is -2.12. The van der Waals surface area contributed by atoms with Gasteiger partial charge in [0.25, 0.3) is 5.91 Å². The molecule has 6 heteroatoms. The Morgan fingerprint density at radius 2 is 2.05 bits per heavy atom. The fourth-order valence-corrected chi connectivity index (χ4v) is 2.14. The molecule has 2 rings (SSSR count). The molecule has 0 spiro atoms. The molecule has 0 atom stereocenters. The summed E-state index contributed by atoms with van der Waals surface area (Å²) in [6.45, 7) is 0.314. The number of carbonyl (C=O) groups excluding carboxylic acids is 1. The Morgan fingerprint density at radius 1 is 1.27 bits per heavy atom. The second kappa shape index (κ2) is 7.77. The molecule has 2 aromatic rings. The van der Waals surface area contributed by atoms with Crippen LogP contribution >= 0.6 is 11.6 Å². The van der Waals surface area contributed by atoms with E-state index in [1.54, 1.807) is 18.2 Å². The lowest BCUT2D eigenvalue weighted by atomic mass is 10.1. The third kappa shape index (κ3) is 4.19. The first kappa shape index (κ1) is 16.3. The minimum atomic E-state index is -0.496. The van der Waals surface area contributed by atoms with Gasteiger partial charge in [0.2, 0.25) is 0 Å². The molecule has 0 heterocycles. The Labute approximate surface area is 132 Å². The molecule has 0 unspecified atom stereocenters. The average molecular weight is 324 g/mol. The quantitative estimate of drug-likeness (QED) is 0.859. The van der Waals surface area contributed by atoms with Gasteiger partial charge in [0.1, 0.15) is 18.2 Å². The van der Waals surface area contributed by atoms with E-state index in [4.69, 9.17) is 21.4 Å². The molecular formula is C16H15ClFNO3. The molecule has 0 bridgehead atoms. The number of aliphatic hydroxyl groups is 1. The van der Waals surface area contributed by atoms with Gasteiger partial charge < -0.3 is 15.2 Å². The van der Waals surface area contributed by atoms with Crippen molar-refractivity contribution in [2.24, 2.45) is 0 Å². The number of benzene rings is 2. The van der Waals surface area contributed by atoms with Gasteiger partial charge in [0, 0.05) is 12.1 Å². The number of para-hydroxylation sites is 1. The minimum Gasteiger partial charge on any atom is -0.491 e. The van der Waals surface area contributed by atoms with E-state index in [-0.39, 0.29) is 30.3 Å². The second-order valence-electron chi connectivity index (χ2n) is 4.49. The van der Waals surface area contributed by atoms with Crippen molar-refractivity contribution in [3.8, 4) is 5.75 Å². The van der Waals surface area contributed by atoms with Gasteiger partial charge in [-0.05, 0) is 24.3 Å². The van der Waals surface area contributed by atoms with Crippen LogP contribution < -0.4 is 10.1 Å². The lowest BCUT2D eigenvalue weighted by Crippen LogP contribution is -2.23. The van der Waals surface area contributed by atoms with Crippen molar-refractivity contribution in [3.05, 3.63) is 64.4 Å². The van der Waals surface area contributed by atoms with E-state index in [0.717, 1.165) is 11.6 Å². The molecule has 22 heavy (non-hydrogen) atoms. The highest BCUT2D eigenvalue weighted by molar-refractivity contribution is 6.33. The molecule has 0 radical (unpaired) electrons. The van der Waals surface area contributed by atoms with Crippen LogP contribution in [0.15, 0.2) is 42.5 Å². The predicted molar refractivity (Wildman–Crippen MR) is 81.6 cm³/mol. The standard InChI is InChI=1S/C16H15ClFNO3/c17-14-9-12(18)5-6-13(14)16(21)19-10-11-3-1-2-4-15(11)22-8-7-20/h1-6,9,20H,7-8,10H2,(H,19,21). The van der Waals surface area contributed by atoms with Gasteiger partial charge in [0.15, 0.2) is 0 Å². The topological polar surface area (TPSA) is 58.6 Å². The van der Waals surface area contributed by atoms with Crippen molar-refractivity contribution >= 4 is 17.5 Å². The Kier molecular flexibility index (Phi) is 5.75. The third-order valence-corrected chi connectivity index (χ3v) is 3.25. The molecule has 0 saturated carbocycles. The van der Waals surface area contributed by atoms with Gasteiger partial charge in [-0.25, -0.2) is 4.39 Å². The van der Waals surface area contributed by atoms with Crippen molar-refractivity contribution in [2.75, 3.05) is 13.2 Å². The average Bonchev–Trinajstić information content (AvgIpc) is 2.51. The Bertz CT molecular complexity index is 664. The van der Waals surface area contributed by atoms with Gasteiger partial charge in [-0.1, -0.05) is 29.8 Å². The van der Waals surface area contributed by atoms with Crippen molar-refractivity contribution in [1.82, 2.24) is 5.32 Å². The number of amides is 1. The van der Waals surface area contributed by atoms with Crippen molar-refractivity contribution in [3.63, 3.8) is 0 Å². The molecular weight excluding hydrogens is 309 g/mol. The second-order valence-corrected chi connectivity index (χ2v) is 4.89. The summed E-state index contributed by atoms with van der Waals surface area (Å²) < 4.78 is 18.4. The van der Waals surface area contributed by atoms with Gasteiger partial charge in [0.05, 0.1) is 17.2 Å². The summed E-state index contributed by atoms with van der Waals surface area (Å²) in [5.74, 6) is -0.312. The molecule has 0 aliphatic carbocycles. The summed E-state index contributed by atoms with van der Waals surface area (Å²) in [6.07, 6.45) is 0. The van der Waals surface area contributed by atoms with E-state index in [9.17, 15) is 9.18 Å². The van der Waals surface area contributed by atoms with Crippen LogP contribution in [0.1, 0.15) is 15.9 Å². The van der Waals surface area contributed by atoms with Crippen LogP contribution in [-0.4, -0.2) is 24.2 Å². The molecule has 4 nitrogen and oxygen atoms in total. The Morgan fingerprint density at radius 3 is 2.77 bits per heavy atom. The van der Waals surface area contributed by atoms with Gasteiger partial charge in [-0.15, -0.1) is 0 Å². The number of aliphatic hydroxyl groups excluding tert-OH is 1. The molecule has 2 aromatic carbocycles. The minimum absolute atomic E-state index is 0.0577. The fraction of sp³-hybridized carbons (Fsp3) is 0.188. The van der Waals surface area contributed by atoms with Crippen molar-refractivity contribution in [2.45, 2.75) is 6.54 Å². The first-order valence-corrected chi connectivity index (χ1v) is 7.04. The monoisotopic (exact) mass is 323 g/mol. The number of hydrogen-bond acceptors (Lipinski definition) is 3. The zero-order chi connectivity index (χ0) is 15.9. The van der Waals surface area contributed by atoms with Crippen LogP contribution in [0.25, 0.3) is 0 Å². The van der Waals surface area contributed by atoms with Crippen LogP contribution in [0.3, 0.4) is 0 Å². The molecule has 0 saturated heterocycles. The summed E-state index contributed by atoms with van der Waals surface area (Å²) >= 11 is 5.85. The van der Waals surface area contributed by atoms with E-state index in [0.29, 0.717) is 5.75 Å². The van der Waals surface area contributed by atoms with E-state index >= 15 is 0 Å². The van der Waals surface area contributed by atoms with Crippen molar-refractivity contribution < 1.29 is 19.0 Å². The number of nitrogens with one attached hydrogen (secondary N) is 1. The highest BCUT2D eigenvalue weighted by Crippen LogP contribution is 2.19. The van der Waals surface area contributed by atoms with E-state index < -0.39 is 11.7 Å². The summed E-state index contributed by atoms with van der Waals surface area (Å²) in [6, 6.07) is 10.8. The normalized spacial score (nSPS) is 10.3. The van der Waals surface area contributed by atoms with E-state index in [1.165, 1.54) is 12.1 Å². The number of hydrogen-bond donors (Lipinski definition) is 2. The summed E-state index contributed by atoms with van der Waals surface area (Å²) in [5.41, 5.74) is 0.972. The molecule has 2 N–H and O–H groups in total. The fourth-order valence-electron chi connectivity index (χ4n) is 1.89. The van der Waals surface area contributed by atoms with Crippen LogP contribution in [0.2, 0.25) is 5.02 Å². The molecule has 1 amide bonds. The highest BCUT2D eigenvalue weighted by atomic mass is 35.5. The summed E-state index contributed by atoms with van der Waals surface area (Å²) in [4.78, 5) is 12.1. The molecule has 0 fully saturated rings. The summed E-state index contributed by atoms with van der Waals surface area (Å²) in [7, 11) is 0. The smallest absolute Gasteiger partial charge is 0.253 e. The molecule has 116 valence electrons. The first-order valence-electron chi connectivity index (χ1n) is 6.66. The third-order valence-electron chi connectivity index (χ3n) is 2.94. The maximum atomic E-state index is 13.0. The Hall–Kier alpha value is -2.11. The highest BCUT2D eigenvalue weighted by Gasteiger charge is 2.12. The van der Waals surface area contributed by atoms with Crippen molar-refractivity contribution in [1.29, 1.82) is 0 Å². The molecule has 0 aliphatic heterocycles. The van der Waals surface area contributed by atoms with E-state index in [1.807, 2.05) is 6.07 Å². The molecule has 0 aliphatic rings. The van der Waals surface area contributed by atoms with Gasteiger partial charge in [-0.2, -0.15) is 0 Å². The lowest BCUT2D eigenvalue weighted by molar-refractivity contribution is 0.0950. The number of halogens is 2. The Balaban J connectivity index is 2.05. The molecule has 0 aromatic heterocycles. The number of ether oxygens (including phenoxy) is 1. The zero-order valence-electron chi connectivity index (χ0n) is 11.7. The zero-order valence-corrected chi connectivity index (χ0v) is 12.4. The van der Waals surface area contributed by atoms with Gasteiger partial charge in [-0.3, -0.25) is 4.79 Å². The number of rotatable bonds is 6. The van der Waals surface area contributed by atoms with Crippen LogP contribution in [0.4, 0.5) is 4.39 Å². The first-order chi connectivity index (χ1) is 10.6. The summed E-state index contributed by atoms with van der Waals surface area (Å²) in [5, 5.41) is 11.6. The predicted octanol–water partition coefficient (Wildman–Crippen LogP) is 2.78. The van der Waals surface area contributed by atoms with Crippen LogP contribution in [0, 0.1) is 5.82 Å². The van der Waals surface area contributed by atoms with Gasteiger partial charge >= 0.3 is 0 Å². The number of carbonyl (C=O) groups is 1. The van der Waals surface area contributed by atoms with Crippen LogP contribution in [-0.2, 0) is 6.54 Å². The SMILES string of the molecule is O=C(NCc1ccccc1OCCO)c1ccc(F)cc1Cl. The largest absolute Gasteiger partial charge is 0.491 e. The van der Waals surface area contributed by atoms with Crippen LogP contribution in [0.5, 0.6) is 5.75 Å².